The predicted molar refractivity (Wildman–Crippen MR) is 161 cm³/mol. The van der Waals surface area contributed by atoms with Crippen LogP contribution in [0.5, 0.6) is 11.6 Å². The van der Waals surface area contributed by atoms with E-state index in [-0.39, 0.29) is 29.6 Å². The van der Waals surface area contributed by atoms with Crippen molar-refractivity contribution in [1.29, 1.82) is 0 Å². The van der Waals surface area contributed by atoms with E-state index in [0.717, 1.165) is 0 Å². The molecule has 0 unspecified atom stereocenters. The van der Waals surface area contributed by atoms with Crippen LogP contribution < -0.4 is 25.0 Å². The van der Waals surface area contributed by atoms with Crippen molar-refractivity contribution in [1.82, 2.24) is 24.8 Å². The first kappa shape index (κ1) is 30.2. The topological polar surface area (TPSA) is 133 Å². The largest absolute Gasteiger partial charge is 0.474 e. The molecule has 2 aliphatic rings. The van der Waals surface area contributed by atoms with Crippen molar-refractivity contribution in [2.45, 2.75) is 38.2 Å². The maximum Gasteiger partial charge on any atom is 0.412 e. The number of ether oxygens (including phenoxy) is 3. The molecule has 4 aromatic rings. The minimum atomic E-state index is -2.82. The Morgan fingerprint density at radius 1 is 0.978 bits per heavy atom. The first-order chi connectivity index (χ1) is 21.9. The maximum atomic E-state index is 14.2. The molecule has 236 valence electrons. The van der Waals surface area contributed by atoms with Gasteiger partial charge in [0.15, 0.2) is 5.82 Å². The number of para-hydroxylation sites is 2. The van der Waals surface area contributed by atoms with E-state index in [1.807, 2.05) is 4.90 Å². The van der Waals surface area contributed by atoms with Gasteiger partial charge in [0.05, 0.1) is 24.2 Å². The number of carbonyl (C=O) groups is 2. The number of imidazole rings is 1. The number of amides is 2. The lowest BCUT2D eigenvalue weighted by Crippen LogP contribution is -2.37. The van der Waals surface area contributed by atoms with Gasteiger partial charge in [-0.05, 0) is 49.9 Å². The lowest BCUT2D eigenvalue weighted by molar-refractivity contribution is -0.121. The van der Waals surface area contributed by atoms with Gasteiger partial charge < -0.3 is 29.7 Å². The molecule has 2 aromatic heterocycles. The number of morpholine rings is 1. The van der Waals surface area contributed by atoms with E-state index in [0.29, 0.717) is 80.4 Å². The number of anilines is 2. The van der Waals surface area contributed by atoms with Crippen molar-refractivity contribution in [3.05, 3.63) is 60.4 Å². The molecule has 2 amide bonds. The number of alkyl halides is 2. The van der Waals surface area contributed by atoms with Gasteiger partial charge in [-0.2, -0.15) is 9.97 Å². The van der Waals surface area contributed by atoms with Gasteiger partial charge in [-0.15, -0.1) is 0 Å². The van der Waals surface area contributed by atoms with Gasteiger partial charge in [0.25, 0.3) is 6.43 Å². The third-order valence-corrected chi connectivity index (χ3v) is 7.83. The van der Waals surface area contributed by atoms with E-state index < -0.39 is 18.3 Å². The van der Waals surface area contributed by atoms with Crippen molar-refractivity contribution < 1.29 is 32.6 Å². The molecule has 0 spiro atoms. The average Bonchev–Trinajstić information content (AvgIpc) is 3.46. The minimum absolute atomic E-state index is 0.129. The summed E-state index contributed by atoms with van der Waals surface area (Å²) in [6, 6.07) is 15.1. The van der Waals surface area contributed by atoms with Crippen LogP contribution in [0.4, 0.5) is 25.2 Å². The summed E-state index contributed by atoms with van der Waals surface area (Å²) in [5.41, 5.74) is 1.46. The molecule has 0 radical (unpaired) electrons. The zero-order valence-corrected chi connectivity index (χ0v) is 24.6. The van der Waals surface area contributed by atoms with E-state index in [4.69, 9.17) is 14.2 Å². The molecule has 2 fully saturated rings. The molecule has 2 aromatic carbocycles. The summed E-state index contributed by atoms with van der Waals surface area (Å²) < 4.78 is 46.6. The number of hydrogen-bond donors (Lipinski definition) is 2. The number of aromatic nitrogens is 4. The third kappa shape index (κ3) is 6.95. The quantitative estimate of drug-likeness (QED) is 0.282. The van der Waals surface area contributed by atoms with Crippen molar-refractivity contribution in [3.8, 4) is 17.4 Å². The van der Waals surface area contributed by atoms with Gasteiger partial charge in [0.2, 0.25) is 17.7 Å². The highest BCUT2D eigenvalue weighted by atomic mass is 19.3. The molecule has 14 heteroatoms. The molecule has 12 nitrogen and oxygen atoms in total. The highest BCUT2D eigenvalue weighted by Crippen LogP contribution is 2.32. The highest BCUT2D eigenvalue weighted by molar-refractivity contribution is 5.92. The van der Waals surface area contributed by atoms with Crippen LogP contribution in [0.1, 0.15) is 37.9 Å². The fourth-order valence-electron chi connectivity index (χ4n) is 5.57. The monoisotopic (exact) mass is 621 g/mol. The fraction of sp³-hybridized carbons (Fsp3) is 0.387. The molecule has 1 aliphatic carbocycles. The summed E-state index contributed by atoms with van der Waals surface area (Å²) in [6.07, 6.45) is -1.29. The lowest BCUT2D eigenvalue weighted by Gasteiger charge is -2.29. The normalized spacial score (nSPS) is 18.5. The second kappa shape index (κ2) is 13.4. The molecule has 3 heterocycles. The van der Waals surface area contributed by atoms with Crippen LogP contribution >= 0.6 is 0 Å². The zero-order valence-electron chi connectivity index (χ0n) is 24.6. The second-order valence-electron chi connectivity index (χ2n) is 10.8. The number of rotatable bonds is 8. The maximum absolute atomic E-state index is 14.2. The molecular formula is C31H33F2N7O5. The van der Waals surface area contributed by atoms with Gasteiger partial charge in [-0.1, -0.05) is 18.2 Å². The summed E-state index contributed by atoms with van der Waals surface area (Å²) in [6.45, 7) is 2.10. The Balaban J connectivity index is 1.18. The summed E-state index contributed by atoms with van der Waals surface area (Å²) in [5, 5.41) is 5.29. The molecule has 0 bridgehead atoms. The Bertz CT molecular complexity index is 1670. The van der Waals surface area contributed by atoms with Crippen molar-refractivity contribution in [2.75, 3.05) is 43.6 Å². The lowest BCUT2D eigenvalue weighted by atomic mass is 9.86. The minimum Gasteiger partial charge on any atom is -0.474 e. The van der Waals surface area contributed by atoms with E-state index in [2.05, 4.69) is 25.6 Å². The van der Waals surface area contributed by atoms with Crippen LogP contribution in [-0.2, 0) is 9.53 Å². The molecule has 2 N–H and O–H groups in total. The number of nitrogens with one attached hydrogen (secondary N) is 2. The fourth-order valence-corrected chi connectivity index (χ4v) is 5.57. The first-order valence-electron chi connectivity index (χ1n) is 14.8. The SMILES string of the molecule is CNC(=O)Oc1cccc(NC(=O)C2CCC(Oc3cc(-n4c(C(F)F)nc5ccccc54)nc(N4CCOCC4)n3)CC2)c1. The second-order valence-corrected chi connectivity index (χ2v) is 10.8. The van der Waals surface area contributed by atoms with Gasteiger partial charge in [-0.25, -0.2) is 18.6 Å². The first-order valence-corrected chi connectivity index (χ1v) is 14.8. The molecule has 6 rings (SSSR count). The van der Waals surface area contributed by atoms with Gasteiger partial charge in [0.1, 0.15) is 17.7 Å². The van der Waals surface area contributed by atoms with Crippen molar-refractivity contribution in [3.63, 3.8) is 0 Å². The van der Waals surface area contributed by atoms with Crippen LogP contribution in [0, 0.1) is 5.92 Å². The Kier molecular flexibility index (Phi) is 9.01. The number of hydrogen-bond acceptors (Lipinski definition) is 9. The van der Waals surface area contributed by atoms with Gasteiger partial charge in [-0.3, -0.25) is 9.36 Å². The van der Waals surface area contributed by atoms with Crippen LogP contribution in [0.2, 0.25) is 0 Å². The van der Waals surface area contributed by atoms with E-state index in [9.17, 15) is 18.4 Å². The van der Waals surface area contributed by atoms with E-state index >= 15 is 0 Å². The number of nitrogens with zero attached hydrogens (tertiary/aromatic N) is 5. The van der Waals surface area contributed by atoms with Crippen LogP contribution in [-0.4, -0.2) is 71.0 Å². The smallest absolute Gasteiger partial charge is 0.412 e. The van der Waals surface area contributed by atoms with Crippen LogP contribution in [0.25, 0.3) is 16.9 Å². The summed E-state index contributed by atoms with van der Waals surface area (Å²) in [7, 11) is 1.46. The molecule has 1 saturated carbocycles. The molecule has 0 atom stereocenters. The molecular weight excluding hydrogens is 588 g/mol. The highest BCUT2D eigenvalue weighted by Gasteiger charge is 2.29. The van der Waals surface area contributed by atoms with Crippen LogP contribution in [0.15, 0.2) is 54.6 Å². The summed E-state index contributed by atoms with van der Waals surface area (Å²) in [5.74, 6) is 0.404. The van der Waals surface area contributed by atoms with E-state index in [1.165, 1.54) is 11.6 Å². The zero-order chi connectivity index (χ0) is 31.3. The standard InChI is InChI=1S/C31H33F2N7O5/c1-34-31(42)45-22-6-4-5-20(17-22)35-29(41)19-9-11-21(12-10-19)44-26-18-25(37-30(38-26)39-13-15-43-16-14-39)40-24-8-3-2-7-23(24)36-28(40)27(32)33/h2-8,17-19,21,27H,9-16H2,1H3,(H,34,42)(H,35,41). The Morgan fingerprint density at radius 3 is 2.51 bits per heavy atom. The predicted octanol–water partition coefficient (Wildman–Crippen LogP) is 4.88. The Labute approximate surface area is 257 Å². The number of halogens is 2. The number of benzene rings is 2. The third-order valence-electron chi connectivity index (χ3n) is 7.83. The van der Waals surface area contributed by atoms with Gasteiger partial charge >= 0.3 is 6.09 Å². The van der Waals surface area contributed by atoms with Crippen molar-refractivity contribution >= 4 is 34.7 Å². The van der Waals surface area contributed by atoms with Crippen molar-refractivity contribution in [2.24, 2.45) is 5.92 Å². The summed E-state index contributed by atoms with van der Waals surface area (Å²) >= 11 is 0. The Hall–Kier alpha value is -4.85. The number of carbonyl (C=O) groups excluding carboxylic acids is 2. The number of fused-ring (bicyclic) bond motifs is 1. The Morgan fingerprint density at radius 2 is 1.76 bits per heavy atom. The van der Waals surface area contributed by atoms with E-state index in [1.54, 1.807) is 54.6 Å². The molecule has 1 aliphatic heterocycles. The molecule has 45 heavy (non-hydrogen) atoms. The molecule has 1 saturated heterocycles. The summed E-state index contributed by atoms with van der Waals surface area (Å²) in [4.78, 5) is 40.0. The van der Waals surface area contributed by atoms with Crippen LogP contribution in [0.3, 0.4) is 0 Å². The van der Waals surface area contributed by atoms with Gasteiger partial charge in [0, 0.05) is 43.9 Å². The average molecular weight is 622 g/mol.